The van der Waals surface area contributed by atoms with Crippen LogP contribution in [0.15, 0.2) is 83.2 Å². The van der Waals surface area contributed by atoms with E-state index >= 15 is 0 Å². The molecule has 0 fully saturated rings. The number of imidazole rings is 1. The number of H-pyrrole nitrogens is 1. The zero-order valence-corrected chi connectivity index (χ0v) is 15.8. The lowest BCUT2D eigenvalue weighted by molar-refractivity contribution is 0.936. The molecule has 0 unspecified atom stereocenters. The highest BCUT2D eigenvalue weighted by Crippen LogP contribution is 2.33. The monoisotopic (exact) mass is 395 g/mol. The Kier molecular flexibility index (Phi) is 3.57. The van der Waals surface area contributed by atoms with E-state index in [0.717, 1.165) is 37.7 Å². The van der Waals surface area contributed by atoms with E-state index in [2.05, 4.69) is 20.2 Å². The highest BCUT2D eigenvalue weighted by Gasteiger charge is 2.16. The fourth-order valence-corrected chi connectivity index (χ4v) is 4.30. The third-order valence-corrected chi connectivity index (χ3v) is 5.64. The minimum absolute atomic E-state index is 0.640. The molecule has 0 bridgehead atoms. The van der Waals surface area contributed by atoms with E-state index in [1.807, 2.05) is 65.1 Å². The van der Waals surface area contributed by atoms with Crippen molar-refractivity contribution in [3.8, 4) is 11.4 Å². The van der Waals surface area contributed by atoms with Crippen molar-refractivity contribution >= 4 is 39.5 Å². The SMILES string of the molecule is c1cncc(-c2nc(Sc3n[nH]c4nc5ccccc5n34)c3ccccc3n2)c1. The number of nitrogens with zero attached hydrogens (tertiary/aromatic N) is 6. The van der Waals surface area contributed by atoms with E-state index in [1.165, 1.54) is 11.8 Å². The molecule has 6 aromatic rings. The maximum atomic E-state index is 4.84. The van der Waals surface area contributed by atoms with Gasteiger partial charge in [0.05, 0.1) is 16.6 Å². The largest absolute Gasteiger partial charge is 0.264 e. The first-order valence-electron chi connectivity index (χ1n) is 9.03. The molecule has 1 N–H and O–H groups in total. The number of benzene rings is 2. The van der Waals surface area contributed by atoms with Crippen LogP contribution in [0.5, 0.6) is 0 Å². The minimum Gasteiger partial charge on any atom is -0.264 e. The van der Waals surface area contributed by atoms with E-state index < -0.39 is 0 Å². The van der Waals surface area contributed by atoms with Crippen molar-refractivity contribution in [3.63, 3.8) is 0 Å². The van der Waals surface area contributed by atoms with Crippen molar-refractivity contribution in [2.45, 2.75) is 10.2 Å². The van der Waals surface area contributed by atoms with E-state index in [9.17, 15) is 0 Å². The van der Waals surface area contributed by atoms with Gasteiger partial charge in [0.2, 0.25) is 10.9 Å². The van der Waals surface area contributed by atoms with Gasteiger partial charge in [0.1, 0.15) is 5.03 Å². The molecule has 0 amide bonds. The van der Waals surface area contributed by atoms with Gasteiger partial charge in [-0.3, -0.25) is 9.38 Å². The van der Waals surface area contributed by atoms with Gasteiger partial charge in [-0.2, -0.15) is 0 Å². The van der Waals surface area contributed by atoms with Crippen LogP contribution in [0.1, 0.15) is 0 Å². The van der Waals surface area contributed by atoms with Gasteiger partial charge < -0.3 is 0 Å². The van der Waals surface area contributed by atoms with Crippen LogP contribution >= 0.6 is 11.8 Å². The second-order valence-corrected chi connectivity index (χ2v) is 7.43. The predicted molar refractivity (Wildman–Crippen MR) is 112 cm³/mol. The summed E-state index contributed by atoms with van der Waals surface area (Å²) in [5.41, 5.74) is 3.68. The van der Waals surface area contributed by atoms with E-state index in [4.69, 9.17) is 9.97 Å². The molecule has 8 heteroatoms. The molecule has 7 nitrogen and oxygen atoms in total. The normalized spacial score (nSPS) is 11.6. The Morgan fingerprint density at radius 1 is 0.828 bits per heavy atom. The molecule has 0 atom stereocenters. The Labute approximate surface area is 168 Å². The first-order valence-corrected chi connectivity index (χ1v) is 9.85. The lowest BCUT2D eigenvalue weighted by Gasteiger charge is -2.07. The molecule has 0 aliphatic heterocycles. The van der Waals surface area contributed by atoms with Gasteiger partial charge in [-0.1, -0.05) is 30.3 Å². The highest BCUT2D eigenvalue weighted by atomic mass is 32.2. The lowest BCUT2D eigenvalue weighted by Crippen LogP contribution is -1.95. The Balaban J connectivity index is 1.55. The molecule has 0 saturated carbocycles. The zero-order valence-electron chi connectivity index (χ0n) is 15.0. The van der Waals surface area contributed by atoms with Gasteiger partial charge >= 0.3 is 0 Å². The molecule has 4 heterocycles. The summed E-state index contributed by atoms with van der Waals surface area (Å²) in [6, 6.07) is 19.8. The van der Waals surface area contributed by atoms with Crippen molar-refractivity contribution < 1.29 is 0 Å². The number of aromatic amines is 1. The summed E-state index contributed by atoms with van der Waals surface area (Å²) in [5, 5.41) is 10.1. The predicted octanol–water partition coefficient (Wildman–Crippen LogP) is 4.37. The molecule has 0 radical (unpaired) electrons. The Morgan fingerprint density at radius 3 is 2.59 bits per heavy atom. The van der Waals surface area contributed by atoms with Gasteiger partial charge in [0.25, 0.3) is 0 Å². The first kappa shape index (κ1) is 16.2. The van der Waals surface area contributed by atoms with Crippen molar-refractivity contribution in [3.05, 3.63) is 73.1 Å². The fraction of sp³-hybridized carbons (Fsp3) is 0. The van der Waals surface area contributed by atoms with Crippen molar-refractivity contribution in [1.29, 1.82) is 0 Å². The quantitative estimate of drug-likeness (QED) is 0.448. The van der Waals surface area contributed by atoms with E-state index in [1.54, 1.807) is 12.4 Å². The number of rotatable bonds is 3. The van der Waals surface area contributed by atoms with Crippen molar-refractivity contribution in [2.75, 3.05) is 0 Å². The molecular weight excluding hydrogens is 382 g/mol. The lowest BCUT2D eigenvalue weighted by atomic mass is 10.2. The zero-order chi connectivity index (χ0) is 19.2. The van der Waals surface area contributed by atoms with Crippen molar-refractivity contribution in [1.82, 2.24) is 34.5 Å². The third-order valence-electron chi connectivity index (χ3n) is 4.68. The number of nitrogens with one attached hydrogen (secondary N) is 1. The average Bonchev–Trinajstić information content (AvgIpc) is 3.34. The maximum Gasteiger partial charge on any atom is 0.231 e. The maximum absolute atomic E-state index is 4.84. The van der Waals surface area contributed by atoms with Gasteiger partial charge in [0.15, 0.2) is 5.82 Å². The molecular formula is C21H13N7S. The summed E-state index contributed by atoms with van der Waals surface area (Å²) in [7, 11) is 0. The van der Waals surface area contributed by atoms with Gasteiger partial charge in [-0.25, -0.2) is 20.1 Å². The topological polar surface area (TPSA) is 84.6 Å². The summed E-state index contributed by atoms with van der Waals surface area (Å²) in [5.74, 6) is 1.35. The van der Waals surface area contributed by atoms with Gasteiger partial charge in [0, 0.05) is 23.3 Å². The molecule has 0 aliphatic carbocycles. The summed E-state index contributed by atoms with van der Waals surface area (Å²) < 4.78 is 2.01. The first-order chi connectivity index (χ1) is 14.4. The van der Waals surface area contributed by atoms with E-state index in [-0.39, 0.29) is 0 Å². The second kappa shape index (κ2) is 6.39. The molecule has 0 saturated heterocycles. The van der Waals surface area contributed by atoms with Crippen LogP contribution in [-0.2, 0) is 0 Å². The molecule has 4 aromatic heterocycles. The number of hydrogen-bond acceptors (Lipinski definition) is 6. The molecule has 0 aliphatic rings. The molecule has 2 aromatic carbocycles. The van der Waals surface area contributed by atoms with Crippen LogP contribution in [0.4, 0.5) is 0 Å². The van der Waals surface area contributed by atoms with Crippen LogP contribution in [0.25, 0.3) is 39.1 Å². The fourth-order valence-electron chi connectivity index (χ4n) is 3.35. The number of hydrogen-bond donors (Lipinski definition) is 1. The number of aromatic nitrogens is 7. The van der Waals surface area contributed by atoms with Crippen LogP contribution in [-0.4, -0.2) is 34.5 Å². The molecule has 0 spiro atoms. The minimum atomic E-state index is 0.640. The number of fused-ring (bicyclic) bond motifs is 4. The number of pyridine rings is 1. The van der Waals surface area contributed by atoms with Crippen LogP contribution in [0.2, 0.25) is 0 Å². The molecule has 6 rings (SSSR count). The van der Waals surface area contributed by atoms with E-state index in [0.29, 0.717) is 11.6 Å². The second-order valence-electron chi connectivity index (χ2n) is 6.48. The van der Waals surface area contributed by atoms with Gasteiger partial charge in [-0.15, -0.1) is 5.10 Å². The Morgan fingerprint density at radius 2 is 1.69 bits per heavy atom. The molecule has 138 valence electrons. The smallest absolute Gasteiger partial charge is 0.231 e. The Bertz CT molecular complexity index is 1490. The van der Waals surface area contributed by atoms with Crippen LogP contribution in [0.3, 0.4) is 0 Å². The van der Waals surface area contributed by atoms with Crippen molar-refractivity contribution in [2.24, 2.45) is 0 Å². The summed E-state index contributed by atoms with van der Waals surface area (Å²) in [4.78, 5) is 18.4. The number of para-hydroxylation sites is 3. The Hall–Kier alpha value is -3.78. The third kappa shape index (κ3) is 2.65. The highest BCUT2D eigenvalue weighted by molar-refractivity contribution is 7.99. The summed E-state index contributed by atoms with van der Waals surface area (Å²) >= 11 is 1.49. The standard InChI is InChI=1S/C21H13N7S/c1-2-8-15-14(7-1)19(25-18(23-15)13-6-5-11-22-12-13)29-21-27-26-20-24-16-9-3-4-10-17(16)28(20)21/h1-12H,(H,24,26). The molecule has 29 heavy (non-hydrogen) atoms. The average molecular weight is 395 g/mol. The van der Waals surface area contributed by atoms with Crippen LogP contribution < -0.4 is 0 Å². The van der Waals surface area contributed by atoms with Gasteiger partial charge in [-0.05, 0) is 42.1 Å². The summed E-state index contributed by atoms with van der Waals surface area (Å²) in [6.45, 7) is 0. The summed E-state index contributed by atoms with van der Waals surface area (Å²) in [6.07, 6.45) is 3.51. The van der Waals surface area contributed by atoms with Crippen LogP contribution in [0, 0.1) is 0 Å².